The van der Waals surface area contributed by atoms with E-state index in [1.165, 1.54) is 0 Å². The zero-order valence-electron chi connectivity index (χ0n) is 12.8. The number of sulfonamides is 1. The molecule has 0 aliphatic carbocycles. The molecule has 0 aliphatic rings. The Kier molecular flexibility index (Phi) is 3.92. The molecule has 0 aliphatic heterocycles. The Hall–Kier alpha value is -2.60. The molecule has 118 valence electrons. The van der Waals surface area contributed by atoms with Crippen LogP contribution in [0.3, 0.4) is 0 Å². The normalized spacial score (nSPS) is 11.4. The van der Waals surface area contributed by atoms with E-state index >= 15 is 0 Å². The second kappa shape index (κ2) is 5.89. The Labute approximate surface area is 135 Å². The standard InChI is InChI=1S/C17H16N2O3S/c1-12-13(2)18-22-17(12)19-23(20,21)16-11-7-6-10-15(16)14-8-4-3-5-9-14/h3-11,19H,1-2H3. The summed E-state index contributed by atoms with van der Waals surface area (Å²) in [5.74, 6) is 0.144. The molecule has 23 heavy (non-hydrogen) atoms. The van der Waals surface area contributed by atoms with Crippen molar-refractivity contribution in [3.63, 3.8) is 0 Å². The summed E-state index contributed by atoms with van der Waals surface area (Å²) in [6.07, 6.45) is 0. The zero-order chi connectivity index (χ0) is 16.4. The fraction of sp³-hybridized carbons (Fsp3) is 0.118. The van der Waals surface area contributed by atoms with Gasteiger partial charge < -0.3 is 4.52 Å². The minimum absolute atomic E-state index is 0.144. The molecule has 0 bridgehead atoms. The maximum atomic E-state index is 12.8. The van der Waals surface area contributed by atoms with Gasteiger partial charge in [-0.25, -0.2) is 13.1 Å². The molecular weight excluding hydrogens is 312 g/mol. The summed E-state index contributed by atoms with van der Waals surface area (Å²) in [6, 6.07) is 16.2. The van der Waals surface area contributed by atoms with E-state index in [-0.39, 0.29) is 10.8 Å². The number of hydrogen-bond acceptors (Lipinski definition) is 4. The van der Waals surface area contributed by atoms with E-state index in [0.717, 1.165) is 5.56 Å². The smallest absolute Gasteiger partial charge is 0.264 e. The molecule has 1 heterocycles. The van der Waals surface area contributed by atoms with Crippen molar-refractivity contribution >= 4 is 15.9 Å². The molecule has 0 atom stereocenters. The lowest BCUT2D eigenvalue weighted by Crippen LogP contribution is -2.14. The third kappa shape index (κ3) is 2.98. The number of rotatable bonds is 4. The molecular formula is C17H16N2O3S. The molecule has 0 saturated heterocycles. The maximum Gasteiger partial charge on any atom is 0.264 e. The minimum atomic E-state index is -3.79. The van der Waals surface area contributed by atoms with Gasteiger partial charge in [0.25, 0.3) is 10.0 Å². The van der Waals surface area contributed by atoms with Gasteiger partial charge in [0.15, 0.2) is 0 Å². The highest BCUT2D eigenvalue weighted by Gasteiger charge is 2.22. The van der Waals surface area contributed by atoms with Gasteiger partial charge >= 0.3 is 0 Å². The maximum absolute atomic E-state index is 12.8. The van der Waals surface area contributed by atoms with E-state index in [1.54, 1.807) is 32.0 Å². The molecule has 1 aromatic heterocycles. The SMILES string of the molecule is Cc1noc(NS(=O)(=O)c2ccccc2-c2ccccc2)c1C. The van der Waals surface area contributed by atoms with Gasteiger partial charge in [0.1, 0.15) is 0 Å². The Balaban J connectivity index is 2.06. The van der Waals surface area contributed by atoms with E-state index < -0.39 is 10.0 Å². The van der Waals surface area contributed by atoms with Crippen LogP contribution < -0.4 is 4.72 Å². The van der Waals surface area contributed by atoms with Crippen molar-refractivity contribution in [2.75, 3.05) is 4.72 Å². The molecule has 0 saturated carbocycles. The van der Waals surface area contributed by atoms with Crippen LogP contribution in [-0.4, -0.2) is 13.6 Å². The fourth-order valence-electron chi connectivity index (χ4n) is 2.24. The van der Waals surface area contributed by atoms with Crippen LogP contribution in [0.4, 0.5) is 5.88 Å². The van der Waals surface area contributed by atoms with Gasteiger partial charge in [-0.05, 0) is 25.5 Å². The molecule has 2 aromatic carbocycles. The van der Waals surface area contributed by atoms with Crippen LogP contribution in [0.2, 0.25) is 0 Å². The molecule has 3 rings (SSSR count). The van der Waals surface area contributed by atoms with Crippen molar-refractivity contribution in [2.45, 2.75) is 18.7 Å². The zero-order valence-corrected chi connectivity index (χ0v) is 13.6. The molecule has 0 spiro atoms. The van der Waals surface area contributed by atoms with Gasteiger partial charge in [-0.3, -0.25) is 0 Å². The van der Waals surface area contributed by atoms with Crippen molar-refractivity contribution in [3.8, 4) is 11.1 Å². The first-order valence-corrected chi connectivity index (χ1v) is 8.57. The van der Waals surface area contributed by atoms with E-state index in [2.05, 4.69) is 9.88 Å². The lowest BCUT2D eigenvalue weighted by Gasteiger charge is -2.11. The number of aromatic nitrogens is 1. The van der Waals surface area contributed by atoms with Gasteiger partial charge in [-0.15, -0.1) is 0 Å². The number of benzene rings is 2. The molecule has 3 aromatic rings. The average molecular weight is 328 g/mol. The molecule has 0 fully saturated rings. The topological polar surface area (TPSA) is 72.2 Å². The summed E-state index contributed by atoms with van der Waals surface area (Å²) in [4.78, 5) is 0.194. The van der Waals surface area contributed by atoms with Gasteiger partial charge in [0.05, 0.1) is 10.6 Å². The Morgan fingerprint density at radius 2 is 1.61 bits per heavy atom. The van der Waals surface area contributed by atoms with Gasteiger partial charge in [0, 0.05) is 11.1 Å². The summed E-state index contributed by atoms with van der Waals surface area (Å²) in [5, 5.41) is 3.77. The minimum Gasteiger partial charge on any atom is -0.337 e. The molecule has 5 nitrogen and oxygen atoms in total. The van der Waals surface area contributed by atoms with Crippen molar-refractivity contribution in [3.05, 3.63) is 65.9 Å². The Bertz CT molecular complexity index is 931. The van der Waals surface area contributed by atoms with Crippen molar-refractivity contribution < 1.29 is 12.9 Å². The first kappa shape index (κ1) is 15.3. The van der Waals surface area contributed by atoms with Gasteiger partial charge in [-0.2, -0.15) is 0 Å². The molecule has 6 heteroatoms. The number of anilines is 1. The van der Waals surface area contributed by atoms with Gasteiger partial charge in [0.2, 0.25) is 5.88 Å². The largest absolute Gasteiger partial charge is 0.337 e. The highest BCUT2D eigenvalue weighted by Crippen LogP contribution is 2.29. The highest BCUT2D eigenvalue weighted by molar-refractivity contribution is 7.92. The second-order valence-electron chi connectivity index (χ2n) is 5.19. The summed E-state index contributed by atoms with van der Waals surface area (Å²) in [5.41, 5.74) is 2.79. The molecule has 0 radical (unpaired) electrons. The van der Waals surface area contributed by atoms with Crippen LogP contribution in [-0.2, 0) is 10.0 Å². The van der Waals surface area contributed by atoms with Crippen molar-refractivity contribution in [1.82, 2.24) is 5.16 Å². The lowest BCUT2D eigenvalue weighted by atomic mass is 10.1. The predicted octanol–water partition coefficient (Wildman–Crippen LogP) is 3.76. The third-order valence-electron chi connectivity index (χ3n) is 3.65. The van der Waals surface area contributed by atoms with E-state index in [4.69, 9.17) is 4.52 Å². The predicted molar refractivity (Wildman–Crippen MR) is 88.7 cm³/mol. The lowest BCUT2D eigenvalue weighted by molar-refractivity contribution is 0.430. The number of nitrogens with one attached hydrogen (secondary N) is 1. The summed E-state index contributed by atoms with van der Waals surface area (Å²) in [7, 11) is -3.79. The summed E-state index contributed by atoms with van der Waals surface area (Å²) in [6.45, 7) is 3.52. The summed E-state index contributed by atoms with van der Waals surface area (Å²) >= 11 is 0. The van der Waals surface area contributed by atoms with Crippen LogP contribution in [0, 0.1) is 13.8 Å². The number of nitrogens with zero attached hydrogens (tertiary/aromatic N) is 1. The van der Waals surface area contributed by atoms with Crippen molar-refractivity contribution in [1.29, 1.82) is 0 Å². The van der Waals surface area contributed by atoms with Crippen LogP contribution >= 0.6 is 0 Å². The van der Waals surface area contributed by atoms with Crippen LogP contribution in [0.5, 0.6) is 0 Å². The highest BCUT2D eigenvalue weighted by atomic mass is 32.2. The van der Waals surface area contributed by atoms with E-state index in [0.29, 0.717) is 16.8 Å². The number of hydrogen-bond donors (Lipinski definition) is 1. The van der Waals surface area contributed by atoms with Crippen LogP contribution in [0.15, 0.2) is 64.0 Å². The fourth-order valence-corrected chi connectivity index (χ4v) is 3.52. The van der Waals surface area contributed by atoms with E-state index in [1.807, 2.05) is 36.4 Å². The average Bonchev–Trinajstić information content (AvgIpc) is 2.87. The first-order valence-electron chi connectivity index (χ1n) is 7.09. The molecule has 0 amide bonds. The first-order chi connectivity index (χ1) is 11.0. The number of aryl methyl sites for hydroxylation is 1. The Morgan fingerprint density at radius 3 is 2.26 bits per heavy atom. The summed E-state index contributed by atoms with van der Waals surface area (Å²) < 4.78 is 33.1. The third-order valence-corrected chi connectivity index (χ3v) is 5.03. The van der Waals surface area contributed by atoms with Crippen LogP contribution in [0.1, 0.15) is 11.3 Å². The van der Waals surface area contributed by atoms with Gasteiger partial charge in [-0.1, -0.05) is 53.7 Å². The molecule has 1 N–H and O–H groups in total. The quantitative estimate of drug-likeness (QED) is 0.791. The second-order valence-corrected chi connectivity index (χ2v) is 6.84. The van der Waals surface area contributed by atoms with Crippen LogP contribution in [0.25, 0.3) is 11.1 Å². The van der Waals surface area contributed by atoms with Crippen molar-refractivity contribution in [2.24, 2.45) is 0 Å². The molecule has 0 unspecified atom stereocenters. The Morgan fingerprint density at radius 1 is 0.957 bits per heavy atom. The monoisotopic (exact) mass is 328 g/mol. The van der Waals surface area contributed by atoms with E-state index in [9.17, 15) is 8.42 Å².